The summed E-state index contributed by atoms with van der Waals surface area (Å²) in [7, 11) is 1.58. The SMILES string of the molecule is COc1cccc(NC(=O)NCCOCCN)c1. The standard InChI is InChI=1S/C12H19N3O3/c1-17-11-4-2-3-10(9-11)15-12(16)14-6-8-18-7-5-13/h2-4,9H,5-8,13H2,1H3,(H2,14,15,16). The average Bonchev–Trinajstić information content (AvgIpc) is 2.38. The summed E-state index contributed by atoms with van der Waals surface area (Å²) >= 11 is 0. The molecule has 2 amide bonds. The van der Waals surface area contributed by atoms with Crippen molar-refractivity contribution in [3.05, 3.63) is 24.3 Å². The first-order valence-electron chi connectivity index (χ1n) is 5.73. The molecule has 0 radical (unpaired) electrons. The summed E-state index contributed by atoms with van der Waals surface area (Å²) in [5, 5.41) is 5.37. The lowest BCUT2D eigenvalue weighted by Crippen LogP contribution is -2.31. The fraction of sp³-hybridized carbons (Fsp3) is 0.417. The monoisotopic (exact) mass is 253 g/mol. The zero-order chi connectivity index (χ0) is 13.2. The Bertz CT molecular complexity index is 371. The maximum atomic E-state index is 11.5. The topological polar surface area (TPSA) is 85.6 Å². The van der Waals surface area contributed by atoms with Crippen molar-refractivity contribution in [2.45, 2.75) is 0 Å². The van der Waals surface area contributed by atoms with Gasteiger partial charge < -0.3 is 25.8 Å². The molecule has 0 saturated carbocycles. The van der Waals surface area contributed by atoms with Gasteiger partial charge in [-0.25, -0.2) is 4.79 Å². The number of hydrogen-bond acceptors (Lipinski definition) is 4. The molecule has 0 aliphatic rings. The van der Waals surface area contributed by atoms with Crippen molar-refractivity contribution in [3.63, 3.8) is 0 Å². The van der Waals surface area contributed by atoms with Crippen LogP contribution in [0.5, 0.6) is 5.75 Å². The van der Waals surface area contributed by atoms with E-state index in [2.05, 4.69) is 10.6 Å². The Morgan fingerprint density at radius 1 is 1.39 bits per heavy atom. The first-order chi connectivity index (χ1) is 8.76. The van der Waals surface area contributed by atoms with Crippen LogP contribution in [-0.2, 0) is 4.74 Å². The van der Waals surface area contributed by atoms with Crippen molar-refractivity contribution in [1.29, 1.82) is 0 Å². The van der Waals surface area contributed by atoms with Crippen LogP contribution >= 0.6 is 0 Å². The molecule has 100 valence electrons. The van der Waals surface area contributed by atoms with Crippen LogP contribution in [0.3, 0.4) is 0 Å². The molecule has 0 atom stereocenters. The van der Waals surface area contributed by atoms with E-state index in [0.717, 1.165) is 0 Å². The van der Waals surface area contributed by atoms with Crippen molar-refractivity contribution in [1.82, 2.24) is 5.32 Å². The van der Waals surface area contributed by atoms with E-state index in [1.54, 1.807) is 25.3 Å². The summed E-state index contributed by atoms with van der Waals surface area (Å²) in [6.45, 7) is 1.87. The molecule has 0 heterocycles. The summed E-state index contributed by atoms with van der Waals surface area (Å²) in [5.74, 6) is 0.694. The van der Waals surface area contributed by atoms with Crippen molar-refractivity contribution < 1.29 is 14.3 Å². The lowest BCUT2D eigenvalue weighted by molar-refractivity contribution is 0.144. The normalized spacial score (nSPS) is 9.89. The molecule has 0 fully saturated rings. The second-order valence-electron chi connectivity index (χ2n) is 3.51. The van der Waals surface area contributed by atoms with E-state index in [1.807, 2.05) is 6.07 Å². The van der Waals surface area contributed by atoms with Crippen LogP contribution in [0.2, 0.25) is 0 Å². The number of carbonyl (C=O) groups excluding carboxylic acids is 1. The molecule has 0 bridgehead atoms. The van der Waals surface area contributed by atoms with E-state index in [0.29, 0.717) is 37.7 Å². The second kappa shape index (κ2) is 8.32. The van der Waals surface area contributed by atoms with E-state index < -0.39 is 0 Å². The number of ether oxygens (including phenoxy) is 2. The number of methoxy groups -OCH3 is 1. The molecular weight excluding hydrogens is 234 g/mol. The van der Waals surface area contributed by atoms with Gasteiger partial charge in [0, 0.05) is 24.8 Å². The third-order valence-electron chi connectivity index (χ3n) is 2.12. The van der Waals surface area contributed by atoms with Crippen LogP contribution in [0.1, 0.15) is 0 Å². The smallest absolute Gasteiger partial charge is 0.319 e. The highest BCUT2D eigenvalue weighted by Crippen LogP contribution is 2.16. The molecule has 4 N–H and O–H groups in total. The third kappa shape index (κ3) is 5.51. The molecule has 6 nitrogen and oxygen atoms in total. The molecule has 1 aromatic rings. The highest BCUT2D eigenvalue weighted by atomic mass is 16.5. The fourth-order valence-electron chi connectivity index (χ4n) is 1.30. The molecule has 1 aromatic carbocycles. The van der Waals surface area contributed by atoms with Gasteiger partial charge >= 0.3 is 6.03 Å². The van der Waals surface area contributed by atoms with Gasteiger partial charge in [-0.1, -0.05) is 6.07 Å². The van der Waals surface area contributed by atoms with Gasteiger partial charge in [0.15, 0.2) is 0 Å². The lowest BCUT2D eigenvalue weighted by atomic mass is 10.3. The van der Waals surface area contributed by atoms with Crippen LogP contribution in [-0.4, -0.2) is 39.4 Å². The number of anilines is 1. The predicted molar refractivity (Wildman–Crippen MR) is 69.9 cm³/mol. The molecule has 1 rings (SSSR count). The number of hydrogen-bond donors (Lipinski definition) is 3. The molecule has 0 aliphatic heterocycles. The maximum Gasteiger partial charge on any atom is 0.319 e. The first-order valence-corrected chi connectivity index (χ1v) is 5.73. The minimum Gasteiger partial charge on any atom is -0.497 e. The summed E-state index contributed by atoms with van der Waals surface area (Å²) in [5.41, 5.74) is 5.94. The Morgan fingerprint density at radius 3 is 2.94 bits per heavy atom. The fourth-order valence-corrected chi connectivity index (χ4v) is 1.30. The van der Waals surface area contributed by atoms with Crippen molar-refractivity contribution in [3.8, 4) is 5.75 Å². The molecular formula is C12H19N3O3. The van der Waals surface area contributed by atoms with E-state index in [-0.39, 0.29) is 6.03 Å². The number of benzene rings is 1. The molecule has 0 aliphatic carbocycles. The Balaban J connectivity index is 2.26. The number of carbonyl (C=O) groups is 1. The lowest BCUT2D eigenvalue weighted by Gasteiger charge is -2.08. The van der Waals surface area contributed by atoms with Gasteiger partial charge in [-0.3, -0.25) is 0 Å². The maximum absolute atomic E-state index is 11.5. The molecule has 18 heavy (non-hydrogen) atoms. The van der Waals surface area contributed by atoms with Gasteiger partial charge in [0.1, 0.15) is 5.75 Å². The minimum absolute atomic E-state index is 0.278. The van der Waals surface area contributed by atoms with Gasteiger partial charge in [-0.15, -0.1) is 0 Å². The van der Waals surface area contributed by atoms with E-state index in [9.17, 15) is 4.79 Å². The summed E-state index contributed by atoms with van der Waals surface area (Å²) in [4.78, 5) is 11.5. The van der Waals surface area contributed by atoms with Gasteiger partial charge in [-0.2, -0.15) is 0 Å². The molecule has 0 spiro atoms. The van der Waals surface area contributed by atoms with Crippen LogP contribution < -0.4 is 21.1 Å². The number of amides is 2. The van der Waals surface area contributed by atoms with E-state index in [4.69, 9.17) is 15.2 Å². The minimum atomic E-state index is -0.278. The Labute approximate surface area is 106 Å². The van der Waals surface area contributed by atoms with Crippen molar-refractivity contribution >= 4 is 11.7 Å². The van der Waals surface area contributed by atoms with Gasteiger partial charge in [0.05, 0.1) is 20.3 Å². The highest BCUT2D eigenvalue weighted by molar-refractivity contribution is 5.89. The van der Waals surface area contributed by atoms with Crippen LogP contribution in [0.4, 0.5) is 10.5 Å². The van der Waals surface area contributed by atoms with E-state index in [1.165, 1.54) is 0 Å². The molecule has 0 aromatic heterocycles. The number of nitrogens with one attached hydrogen (secondary N) is 2. The van der Waals surface area contributed by atoms with Crippen LogP contribution in [0.15, 0.2) is 24.3 Å². The quantitative estimate of drug-likeness (QED) is 0.627. The molecule has 0 unspecified atom stereocenters. The first kappa shape index (κ1) is 14.3. The zero-order valence-corrected chi connectivity index (χ0v) is 10.4. The summed E-state index contributed by atoms with van der Waals surface area (Å²) in [6.07, 6.45) is 0. The zero-order valence-electron chi connectivity index (χ0n) is 10.4. The Hall–Kier alpha value is -1.79. The predicted octanol–water partition coefficient (Wildman–Crippen LogP) is 0.792. The molecule has 6 heteroatoms. The van der Waals surface area contributed by atoms with Crippen molar-refractivity contribution in [2.24, 2.45) is 5.73 Å². The van der Waals surface area contributed by atoms with E-state index >= 15 is 0 Å². The Kier molecular flexibility index (Phi) is 6.60. The second-order valence-corrected chi connectivity index (χ2v) is 3.51. The number of rotatable bonds is 7. The number of urea groups is 1. The number of nitrogens with two attached hydrogens (primary N) is 1. The Morgan fingerprint density at radius 2 is 2.22 bits per heavy atom. The van der Waals surface area contributed by atoms with Crippen LogP contribution in [0.25, 0.3) is 0 Å². The highest BCUT2D eigenvalue weighted by Gasteiger charge is 2.01. The van der Waals surface area contributed by atoms with Gasteiger partial charge in [0.2, 0.25) is 0 Å². The van der Waals surface area contributed by atoms with Crippen molar-refractivity contribution in [2.75, 3.05) is 38.7 Å². The third-order valence-corrected chi connectivity index (χ3v) is 2.12. The van der Waals surface area contributed by atoms with Gasteiger partial charge in [0.25, 0.3) is 0 Å². The summed E-state index contributed by atoms with van der Waals surface area (Å²) < 4.78 is 10.2. The van der Waals surface area contributed by atoms with Crippen LogP contribution in [0, 0.1) is 0 Å². The molecule has 0 saturated heterocycles. The average molecular weight is 253 g/mol. The largest absolute Gasteiger partial charge is 0.497 e. The van der Waals surface area contributed by atoms with Gasteiger partial charge in [-0.05, 0) is 12.1 Å². The summed E-state index contributed by atoms with van der Waals surface area (Å²) in [6, 6.07) is 6.86.